The summed E-state index contributed by atoms with van der Waals surface area (Å²) in [5.74, 6) is -0.0356. The number of benzene rings is 2. The third kappa shape index (κ3) is 5.77. The molecule has 1 heterocycles. The van der Waals surface area contributed by atoms with Crippen LogP contribution in [-0.4, -0.2) is 10.9 Å². The minimum atomic E-state index is -0.465. The second-order valence-corrected chi connectivity index (χ2v) is 8.43. The zero-order chi connectivity index (χ0) is 20.8. The fraction of sp³-hybridized carbons (Fsp3) is 0.174. The molecule has 1 aromatic heterocycles. The van der Waals surface area contributed by atoms with E-state index >= 15 is 0 Å². The predicted molar refractivity (Wildman–Crippen MR) is 119 cm³/mol. The molecule has 0 saturated carbocycles. The minimum Gasteiger partial charge on any atom is -0.297 e. The molecular weight excluding hydrogens is 402 g/mol. The maximum absolute atomic E-state index is 12.5. The van der Waals surface area contributed by atoms with Crippen LogP contribution in [0.1, 0.15) is 41.3 Å². The summed E-state index contributed by atoms with van der Waals surface area (Å²) < 4.78 is 0. The van der Waals surface area contributed by atoms with Crippen molar-refractivity contribution in [1.29, 1.82) is 5.26 Å². The van der Waals surface area contributed by atoms with E-state index in [9.17, 15) is 10.1 Å². The number of hydrogen-bond donors (Lipinski definition) is 1. The number of carbonyl (C=O) groups is 1. The van der Waals surface area contributed by atoms with Gasteiger partial charge in [0.05, 0.1) is 0 Å². The van der Waals surface area contributed by atoms with Crippen LogP contribution < -0.4 is 5.32 Å². The van der Waals surface area contributed by atoms with E-state index in [0.29, 0.717) is 22.5 Å². The zero-order valence-electron chi connectivity index (χ0n) is 16.1. The van der Waals surface area contributed by atoms with E-state index in [4.69, 9.17) is 11.6 Å². The molecule has 0 aliphatic rings. The average molecular weight is 422 g/mol. The number of nitriles is 1. The van der Waals surface area contributed by atoms with Crippen molar-refractivity contribution in [3.05, 3.63) is 86.9 Å². The maximum Gasteiger partial charge on any atom is 0.268 e. The number of rotatable bonds is 6. The van der Waals surface area contributed by atoms with Crippen molar-refractivity contribution >= 4 is 40.1 Å². The second kappa shape index (κ2) is 9.51. The summed E-state index contributed by atoms with van der Waals surface area (Å²) >= 11 is 7.30. The molecule has 0 aliphatic carbocycles. The molecule has 2 aromatic carbocycles. The van der Waals surface area contributed by atoms with Gasteiger partial charge in [0.15, 0.2) is 5.13 Å². The molecule has 0 fully saturated rings. The largest absolute Gasteiger partial charge is 0.297 e. The summed E-state index contributed by atoms with van der Waals surface area (Å²) in [6, 6.07) is 17.4. The van der Waals surface area contributed by atoms with Gasteiger partial charge < -0.3 is 0 Å². The lowest BCUT2D eigenvalue weighted by atomic mass is 10.0. The molecule has 0 radical (unpaired) electrons. The first-order valence-electron chi connectivity index (χ1n) is 9.17. The van der Waals surface area contributed by atoms with Gasteiger partial charge in [-0.25, -0.2) is 4.98 Å². The molecule has 0 spiro atoms. The Morgan fingerprint density at radius 2 is 1.90 bits per heavy atom. The van der Waals surface area contributed by atoms with Crippen LogP contribution in [0.25, 0.3) is 6.08 Å². The van der Waals surface area contributed by atoms with E-state index in [1.54, 1.807) is 12.3 Å². The van der Waals surface area contributed by atoms with Crippen LogP contribution in [0.3, 0.4) is 0 Å². The monoisotopic (exact) mass is 421 g/mol. The standard InChI is InChI=1S/C23H20ClN3OS/c1-15(2)18-7-3-16(4-8-18)11-19(13-25)22(28)27-23-26-14-21(29-23)12-17-5-9-20(24)10-6-17/h3-11,14-15H,12H2,1-2H3,(H,26,27,28)/b19-11+. The van der Waals surface area contributed by atoms with Crippen molar-refractivity contribution in [3.63, 3.8) is 0 Å². The van der Waals surface area contributed by atoms with Gasteiger partial charge in [-0.05, 0) is 40.8 Å². The number of hydrogen-bond acceptors (Lipinski definition) is 4. The molecule has 6 heteroatoms. The number of carbonyl (C=O) groups excluding carboxylic acids is 1. The van der Waals surface area contributed by atoms with Crippen molar-refractivity contribution in [1.82, 2.24) is 4.98 Å². The van der Waals surface area contributed by atoms with Crippen molar-refractivity contribution in [2.75, 3.05) is 5.32 Å². The van der Waals surface area contributed by atoms with Crippen LogP contribution in [0.2, 0.25) is 5.02 Å². The molecule has 0 atom stereocenters. The highest BCUT2D eigenvalue weighted by molar-refractivity contribution is 7.15. The topological polar surface area (TPSA) is 65.8 Å². The summed E-state index contributed by atoms with van der Waals surface area (Å²) in [6.07, 6.45) is 4.02. The first-order valence-corrected chi connectivity index (χ1v) is 10.4. The molecule has 1 N–H and O–H groups in total. The third-order valence-corrected chi connectivity index (χ3v) is 5.51. The van der Waals surface area contributed by atoms with E-state index < -0.39 is 5.91 Å². The van der Waals surface area contributed by atoms with Gasteiger partial charge in [0.2, 0.25) is 0 Å². The number of nitrogens with zero attached hydrogens (tertiary/aromatic N) is 2. The van der Waals surface area contributed by atoms with Crippen LogP contribution in [0.5, 0.6) is 0 Å². The highest BCUT2D eigenvalue weighted by Crippen LogP contribution is 2.23. The number of thiazole rings is 1. The van der Waals surface area contributed by atoms with Crippen molar-refractivity contribution < 1.29 is 4.79 Å². The summed E-state index contributed by atoms with van der Waals surface area (Å²) in [6.45, 7) is 4.24. The minimum absolute atomic E-state index is 0.0387. The summed E-state index contributed by atoms with van der Waals surface area (Å²) in [4.78, 5) is 17.7. The van der Waals surface area contributed by atoms with E-state index in [1.807, 2.05) is 54.6 Å². The Labute approximate surface area is 179 Å². The van der Waals surface area contributed by atoms with Gasteiger partial charge in [0, 0.05) is 22.5 Å². The lowest BCUT2D eigenvalue weighted by molar-refractivity contribution is -0.112. The zero-order valence-corrected chi connectivity index (χ0v) is 17.7. The van der Waals surface area contributed by atoms with E-state index in [1.165, 1.54) is 16.9 Å². The first kappa shape index (κ1) is 20.8. The first-order chi connectivity index (χ1) is 13.9. The van der Waals surface area contributed by atoms with Gasteiger partial charge >= 0.3 is 0 Å². The molecule has 3 aromatic rings. The van der Waals surface area contributed by atoms with Gasteiger partial charge in [-0.15, -0.1) is 11.3 Å². The predicted octanol–water partition coefficient (Wildman–Crippen LogP) is 6.06. The molecule has 29 heavy (non-hydrogen) atoms. The Morgan fingerprint density at radius 3 is 2.52 bits per heavy atom. The molecule has 3 rings (SSSR count). The highest BCUT2D eigenvalue weighted by Gasteiger charge is 2.12. The summed E-state index contributed by atoms with van der Waals surface area (Å²) in [5.41, 5.74) is 3.17. The van der Waals surface area contributed by atoms with Crippen LogP contribution in [0.4, 0.5) is 5.13 Å². The lowest BCUT2D eigenvalue weighted by Gasteiger charge is -2.05. The lowest BCUT2D eigenvalue weighted by Crippen LogP contribution is -2.13. The summed E-state index contributed by atoms with van der Waals surface area (Å²) in [7, 11) is 0. The number of nitrogens with one attached hydrogen (secondary N) is 1. The Hall–Kier alpha value is -2.94. The van der Waals surface area contributed by atoms with E-state index in [-0.39, 0.29) is 5.57 Å². The Bertz CT molecular complexity index is 1060. The number of anilines is 1. The molecule has 0 unspecified atom stereocenters. The molecule has 146 valence electrons. The maximum atomic E-state index is 12.5. The molecule has 0 saturated heterocycles. The fourth-order valence-corrected chi connectivity index (χ4v) is 3.68. The van der Waals surface area contributed by atoms with Crippen LogP contribution in [0.15, 0.2) is 60.3 Å². The highest BCUT2D eigenvalue weighted by atomic mass is 35.5. The normalized spacial score (nSPS) is 11.3. The summed E-state index contributed by atoms with van der Waals surface area (Å²) in [5, 5.41) is 13.3. The second-order valence-electron chi connectivity index (χ2n) is 6.88. The number of halogens is 1. The van der Waals surface area contributed by atoms with Gasteiger partial charge in [0.1, 0.15) is 11.6 Å². The fourth-order valence-electron chi connectivity index (χ4n) is 2.71. The Balaban J connectivity index is 1.67. The van der Waals surface area contributed by atoms with Crippen LogP contribution >= 0.6 is 22.9 Å². The Morgan fingerprint density at radius 1 is 1.21 bits per heavy atom. The molecule has 0 aliphatic heterocycles. The van der Waals surface area contributed by atoms with Crippen LogP contribution in [-0.2, 0) is 11.2 Å². The quantitative estimate of drug-likeness (QED) is 0.388. The number of amides is 1. The van der Waals surface area contributed by atoms with Gasteiger partial charge in [-0.3, -0.25) is 10.1 Å². The molecule has 0 bridgehead atoms. The average Bonchev–Trinajstić information content (AvgIpc) is 3.14. The number of aromatic nitrogens is 1. The van der Waals surface area contributed by atoms with Gasteiger partial charge in [0.25, 0.3) is 5.91 Å². The smallest absolute Gasteiger partial charge is 0.268 e. The van der Waals surface area contributed by atoms with E-state index in [0.717, 1.165) is 16.0 Å². The molecule has 1 amide bonds. The van der Waals surface area contributed by atoms with Crippen LogP contribution in [0, 0.1) is 11.3 Å². The third-order valence-electron chi connectivity index (χ3n) is 4.34. The van der Waals surface area contributed by atoms with Crippen molar-refractivity contribution in [3.8, 4) is 6.07 Å². The van der Waals surface area contributed by atoms with Gasteiger partial charge in [-0.1, -0.05) is 61.8 Å². The molecular formula is C23H20ClN3OS. The van der Waals surface area contributed by atoms with Crippen molar-refractivity contribution in [2.45, 2.75) is 26.2 Å². The Kier molecular flexibility index (Phi) is 6.82. The van der Waals surface area contributed by atoms with E-state index in [2.05, 4.69) is 24.1 Å². The SMILES string of the molecule is CC(C)c1ccc(/C=C(\C#N)C(=O)Nc2ncc(Cc3ccc(Cl)cc3)s2)cc1. The van der Waals surface area contributed by atoms with Crippen molar-refractivity contribution in [2.24, 2.45) is 0 Å². The van der Waals surface area contributed by atoms with Gasteiger partial charge in [-0.2, -0.15) is 5.26 Å². The molecule has 4 nitrogen and oxygen atoms in total.